The molecule has 0 aliphatic carbocycles. The number of hydrogen-bond donors (Lipinski definition) is 0. The second-order valence-electron chi connectivity index (χ2n) is 4.27. The van der Waals surface area contributed by atoms with Gasteiger partial charge in [0, 0.05) is 0 Å². The minimum Gasteiger partial charge on any atom is -0.242 e. The average molecular weight is 326 g/mol. The van der Waals surface area contributed by atoms with E-state index in [-0.39, 0.29) is 0 Å². The van der Waals surface area contributed by atoms with Crippen LogP contribution in [0.1, 0.15) is 20.7 Å². The van der Waals surface area contributed by atoms with Crippen LogP contribution in [0.15, 0.2) is 83.6 Å². The Kier molecular flexibility index (Phi) is 6.56. The van der Waals surface area contributed by atoms with Crippen molar-refractivity contribution >= 4 is 23.3 Å². The second-order valence-corrected chi connectivity index (χ2v) is 5.08. The largest absolute Gasteiger partial charge is 0.386 e. The van der Waals surface area contributed by atoms with E-state index < -0.39 is 11.9 Å². The maximum atomic E-state index is 11.5. The molecule has 0 bridgehead atoms. The van der Waals surface area contributed by atoms with Crippen LogP contribution in [0.5, 0.6) is 0 Å². The quantitative estimate of drug-likeness (QED) is 0.518. The van der Waals surface area contributed by atoms with E-state index >= 15 is 0 Å². The molecule has 0 atom stereocenters. The van der Waals surface area contributed by atoms with Crippen molar-refractivity contribution in [2.75, 3.05) is 0 Å². The van der Waals surface area contributed by atoms with Crippen molar-refractivity contribution < 1.29 is 19.4 Å². The fourth-order valence-corrected chi connectivity index (χ4v) is 2.00. The van der Waals surface area contributed by atoms with Crippen molar-refractivity contribution in [1.82, 2.24) is 0 Å². The molecule has 0 amide bonds. The number of thiophene rings is 1. The predicted molar refractivity (Wildman–Crippen MR) is 88.0 cm³/mol. The molecule has 116 valence electrons. The predicted octanol–water partition coefficient (Wildman–Crippen LogP) is 4.36. The lowest BCUT2D eigenvalue weighted by Gasteiger charge is -2.02. The Morgan fingerprint density at radius 1 is 0.609 bits per heavy atom. The molecule has 4 nitrogen and oxygen atoms in total. The van der Waals surface area contributed by atoms with E-state index in [2.05, 4.69) is 9.78 Å². The summed E-state index contributed by atoms with van der Waals surface area (Å²) in [5.74, 6) is -1.42. The molecule has 23 heavy (non-hydrogen) atoms. The third-order valence-electron chi connectivity index (χ3n) is 2.64. The maximum Gasteiger partial charge on any atom is 0.386 e. The van der Waals surface area contributed by atoms with E-state index in [1.54, 1.807) is 72.0 Å². The van der Waals surface area contributed by atoms with Gasteiger partial charge in [-0.1, -0.05) is 48.5 Å². The van der Waals surface area contributed by atoms with Crippen LogP contribution in [0, 0.1) is 0 Å². The van der Waals surface area contributed by atoms with Crippen molar-refractivity contribution in [2.45, 2.75) is 0 Å². The molecule has 1 aromatic heterocycles. The Hall–Kier alpha value is -2.92. The first kappa shape index (κ1) is 16.5. The number of hydrogen-bond acceptors (Lipinski definition) is 5. The fraction of sp³-hybridized carbons (Fsp3) is 0. The molecule has 0 saturated heterocycles. The van der Waals surface area contributed by atoms with Crippen molar-refractivity contribution in [1.29, 1.82) is 0 Å². The molecule has 2 aromatic carbocycles. The van der Waals surface area contributed by atoms with Gasteiger partial charge < -0.3 is 0 Å². The summed E-state index contributed by atoms with van der Waals surface area (Å²) in [4.78, 5) is 31.9. The number of carbonyl (C=O) groups excluding carboxylic acids is 2. The van der Waals surface area contributed by atoms with Crippen molar-refractivity contribution in [3.8, 4) is 0 Å². The van der Waals surface area contributed by atoms with Gasteiger partial charge >= 0.3 is 11.9 Å². The zero-order valence-corrected chi connectivity index (χ0v) is 12.9. The fourth-order valence-electron chi connectivity index (χ4n) is 1.55. The van der Waals surface area contributed by atoms with Gasteiger partial charge in [0.25, 0.3) is 0 Å². The number of benzene rings is 2. The van der Waals surface area contributed by atoms with Crippen LogP contribution in [0.3, 0.4) is 0 Å². The molecule has 0 radical (unpaired) electrons. The highest BCUT2D eigenvalue weighted by Gasteiger charge is 2.12. The summed E-state index contributed by atoms with van der Waals surface area (Å²) in [5, 5.41) is 4.08. The summed E-state index contributed by atoms with van der Waals surface area (Å²) < 4.78 is 0. The minimum absolute atomic E-state index is 0.318. The molecule has 5 heteroatoms. The van der Waals surface area contributed by atoms with E-state index in [1.165, 1.54) is 0 Å². The standard InChI is InChI=1S/C14H10O4.C4H4S/c15-13(11-7-3-1-4-8-11)17-18-14(16)12-9-5-2-6-10-12;1-2-4-5-3-1/h1-10H;1-4H. The highest BCUT2D eigenvalue weighted by Crippen LogP contribution is 2.05. The average Bonchev–Trinajstić information content (AvgIpc) is 3.21. The van der Waals surface area contributed by atoms with Crippen molar-refractivity contribution in [2.24, 2.45) is 0 Å². The van der Waals surface area contributed by atoms with E-state index in [0.29, 0.717) is 11.1 Å². The Bertz CT molecular complexity index is 641. The summed E-state index contributed by atoms with van der Waals surface area (Å²) in [7, 11) is 0. The van der Waals surface area contributed by atoms with E-state index in [4.69, 9.17) is 0 Å². The monoisotopic (exact) mass is 326 g/mol. The van der Waals surface area contributed by atoms with Gasteiger partial charge in [-0.25, -0.2) is 19.4 Å². The molecule has 3 aromatic rings. The Balaban J connectivity index is 0.000000326. The van der Waals surface area contributed by atoms with Crippen LogP contribution >= 0.6 is 11.3 Å². The third-order valence-corrected chi connectivity index (χ3v) is 3.27. The molecule has 0 unspecified atom stereocenters. The summed E-state index contributed by atoms with van der Waals surface area (Å²) in [6.45, 7) is 0. The van der Waals surface area contributed by atoms with E-state index in [0.717, 1.165) is 0 Å². The Morgan fingerprint density at radius 2 is 1.00 bits per heavy atom. The lowest BCUT2D eigenvalue weighted by molar-refractivity contribution is -0.187. The van der Waals surface area contributed by atoms with Crippen LogP contribution in [-0.4, -0.2) is 11.9 Å². The van der Waals surface area contributed by atoms with E-state index in [1.807, 2.05) is 22.9 Å². The van der Waals surface area contributed by atoms with Gasteiger partial charge in [0.1, 0.15) is 0 Å². The molecule has 0 aliphatic rings. The first-order chi connectivity index (χ1) is 11.3. The molecular weight excluding hydrogens is 312 g/mol. The van der Waals surface area contributed by atoms with Crippen LogP contribution in [0.4, 0.5) is 0 Å². The highest BCUT2D eigenvalue weighted by molar-refractivity contribution is 7.07. The van der Waals surface area contributed by atoms with Gasteiger partial charge in [-0.2, -0.15) is 11.3 Å². The maximum absolute atomic E-state index is 11.5. The first-order valence-corrected chi connectivity index (χ1v) is 7.72. The molecular formula is C18H14O4S. The topological polar surface area (TPSA) is 52.6 Å². The zero-order valence-electron chi connectivity index (χ0n) is 12.1. The van der Waals surface area contributed by atoms with Crippen LogP contribution in [-0.2, 0) is 9.78 Å². The molecule has 0 N–H and O–H groups in total. The number of carbonyl (C=O) groups is 2. The van der Waals surface area contributed by atoms with Crippen molar-refractivity contribution in [3.63, 3.8) is 0 Å². The molecule has 1 heterocycles. The van der Waals surface area contributed by atoms with Crippen LogP contribution in [0.25, 0.3) is 0 Å². The normalized spacial score (nSPS) is 9.22. The van der Waals surface area contributed by atoms with Crippen molar-refractivity contribution in [3.05, 3.63) is 94.7 Å². The first-order valence-electron chi connectivity index (χ1n) is 6.78. The molecule has 0 fully saturated rings. The Labute approximate surface area is 137 Å². The lowest BCUT2D eigenvalue weighted by atomic mass is 10.2. The molecule has 0 spiro atoms. The molecule has 3 rings (SSSR count). The summed E-state index contributed by atoms with van der Waals surface area (Å²) in [5.41, 5.74) is 0.636. The Morgan fingerprint density at radius 3 is 1.30 bits per heavy atom. The second kappa shape index (κ2) is 9.17. The lowest BCUT2D eigenvalue weighted by Crippen LogP contribution is -2.11. The minimum atomic E-state index is -0.708. The van der Waals surface area contributed by atoms with Crippen LogP contribution in [0.2, 0.25) is 0 Å². The van der Waals surface area contributed by atoms with Gasteiger partial charge in [0.05, 0.1) is 11.1 Å². The van der Waals surface area contributed by atoms with Gasteiger partial charge in [0.2, 0.25) is 0 Å². The third kappa shape index (κ3) is 5.76. The zero-order chi connectivity index (χ0) is 16.3. The van der Waals surface area contributed by atoms with E-state index in [9.17, 15) is 9.59 Å². The van der Waals surface area contributed by atoms with Gasteiger partial charge in [-0.3, -0.25) is 0 Å². The van der Waals surface area contributed by atoms with Gasteiger partial charge in [-0.05, 0) is 35.0 Å². The van der Waals surface area contributed by atoms with Gasteiger partial charge in [0.15, 0.2) is 0 Å². The van der Waals surface area contributed by atoms with Crippen LogP contribution < -0.4 is 0 Å². The summed E-state index contributed by atoms with van der Waals surface area (Å²) in [6, 6.07) is 20.6. The number of rotatable bonds is 2. The molecule has 0 aliphatic heterocycles. The smallest absolute Gasteiger partial charge is 0.242 e. The summed E-state index contributed by atoms with van der Waals surface area (Å²) in [6.07, 6.45) is 0. The summed E-state index contributed by atoms with van der Waals surface area (Å²) >= 11 is 1.71. The highest BCUT2D eigenvalue weighted by atomic mass is 32.1. The van der Waals surface area contributed by atoms with Gasteiger partial charge in [-0.15, -0.1) is 0 Å². The molecule has 0 saturated carbocycles. The SMILES string of the molecule is O=C(OOC(=O)c1ccccc1)c1ccccc1.c1ccsc1.